The number of aromatic hydroxyl groups is 1. The number of phenolic OH excluding ortho intramolecular Hbond substituents is 1. The number of benzene rings is 1. The van der Waals surface area contributed by atoms with E-state index < -0.39 is 5.79 Å². The van der Waals surface area contributed by atoms with Crippen molar-refractivity contribution in [3.63, 3.8) is 0 Å². The molecule has 0 heterocycles. The van der Waals surface area contributed by atoms with Gasteiger partial charge in [-0.2, -0.15) is 0 Å². The predicted molar refractivity (Wildman–Crippen MR) is 57.8 cm³/mol. The van der Waals surface area contributed by atoms with E-state index in [0.717, 1.165) is 12.0 Å². The van der Waals surface area contributed by atoms with E-state index in [9.17, 15) is 10.2 Å². The highest BCUT2D eigenvalue weighted by Gasteiger charge is 2.21. The Hall–Kier alpha value is -1.26. The lowest BCUT2D eigenvalue weighted by molar-refractivity contribution is -0.112. The third-order valence-corrected chi connectivity index (χ3v) is 2.14. The van der Waals surface area contributed by atoms with Gasteiger partial charge in [0.05, 0.1) is 6.54 Å². The maximum atomic E-state index is 9.66. The molecular weight excluding hydrogens is 194 g/mol. The summed E-state index contributed by atoms with van der Waals surface area (Å²) in [5, 5.41) is 19.0. The Labute approximate surface area is 89.3 Å². The molecule has 0 saturated heterocycles. The first kappa shape index (κ1) is 11.8. The van der Waals surface area contributed by atoms with Crippen LogP contribution >= 0.6 is 0 Å². The normalized spacial score (nSPS) is 14.7. The Morgan fingerprint density at radius 3 is 2.67 bits per heavy atom. The summed E-state index contributed by atoms with van der Waals surface area (Å²) in [4.78, 5) is 0. The molecular formula is C11H17NO3. The van der Waals surface area contributed by atoms with Gasteiger partial charge in [-0.3, -0.25) is 0 Å². The van der Waals surface area contributed by atoms with Gasteiger partial charge in [0.25, 0.3) is 0 Å². The smallest absolute Gasteiger partial charge is 0.217 e. The zero-order valence-corrected chi connectivity index (χ0v) is 9.03. The maximum absolute atomic E-state index is 9.66. The minimum atomic E-state index is -1.41. The van der Waals surface area contributed by atoms with Gasteiger partial charge in [-0.15, -0.1) is 0 Å². The van der Waals surface area contributed by atoms with E-state index in [1.54, 1.807) is 12.1 Å². The van der Waals surface area contributed by atoms with E-state index in [1.807, 2.05) is 6.92 Å². The Kier molecular flexibility index (Phi) is 3.55. The summed E-state index contributed by atoms with van der Waals surface area (Å²) in [7, 11) is 0. The molecule has 0 unspecified atom stereocenters. The fourth-order valence-corrected chi connectivity index (χ4v) is 1.21. The van der Waals surface area contributed by atoms with E-state index in [2.05, 4.69) is 0 Å². The molecule has 0 aliphatic rings. The molecule has 0 aliphatic carbocycles. The molecule has 1 rings (SSSR count). The van der Waals surface area contributed by atoms with Crippen LogP contribution in [0.2, 0.25) is 0 Å². The van der Waals surface area contributed by atoms with Crippen molar-refractivity contribution >= 4 is 0 Å². The summed E-state index contributed by atoms with van der Waals surface area (Å²) in [6, 6.07) is 4.82. The summed E-state index contributed by atoms with van der Waals surface area (Å²) in [6.45, 7) is 3.44. The van der Waals surface area contributed by atoms with E-state index in [-0.39, 0.29) is 12.3 Å². The Balaban J connectivity index is 2.97. The number of hydrogen-bond acceptors (Lipinski definition) is 4. The van der Waals surface area contributed by atoms with E-state index in [1.165, 1.54) is 13.0 Å². The van der Waals surface area contributed by atoms with Crippen LogP contribution in [0.5, 0.6) is 11.5 Å². The zero-order chi connectivity index (χ0) is 11.5. The molecule has 0 fully saturated rings. The van der Waals surface area contributed by atoms with Crippen LogP contribution in [0.3, 0.4) is 0 Å². The minimum Gasteiger partial charge on any atom is -0.508 e. The van der Waals surface area contributed by atoms with Gasteiger partial charge in [0.2, 0.25) is 5.79 Å². The summed E-state index contributed by atoms with van der Waals surface area (Å²) in [6.07, 6.45) is 0.760. The highest BCUT2D eigenvalue weighted by molar-refractivity contribution is 5.40. The molecule has 0 aliphatic heterocycles. The number of phenols is 1. The molecule has 4 nitrogen and oxygen atoms in total. The van der Waals surface area contributed by atoms with Crippen LogP contribution in [0, 0.1) is 0 Å². The summed E-state index contributed by atoms with van der Waals surface area (Å²) in [5.74, 6) is -0.833. The average molecular weight is 211 g/mol. The second-order valence-corrected chi connectivity index (χ2v) is 3.63. The number of rotatable bonds is 4. The topological polar surface area (TPSA) is 75.7 Å². The molecule has 1 aromatic carbocycles. The quantitative estimate of drug-likeness (QED) is 0.649. The van der Waals surface area contributed by atoms with E-state index >= 15 is 0 Å². The van der Waals surface area contributed by atoms with Crippen molar-refractivity contribution in [2.75, 3.05) is 6.54 Å². The fraction of sp³-hybridized carbons (Fsp3) is 0.455. The second kappa shape index (κ2) is 4.51. The van der Waals surface area contributed by atoms with Crippen molar-refractivity contribution in [2.24, 2.45) is 5.73 Å². The van der Waals surface area contributed by atoms with Crippen molar-refractivity contribution in [3.05, 3.63) is 23.8 Å². The van der Waals surface area contributed by atoms with Crippen LogP contribution in [-0.2, 0) is 6.42 Å². The number of aliphatic hydroxyl groups is 1. The lowest BCUT2D eigenvalue weighted by atomic mass is 10.1. The molecule has 84 valence electrons. The largest absolute Gasteiger partial charge is 0.508 e. The van der Waals surface area contributed by atoms with Crippen LogP contribution in [0.1, 0.15) is 19.4 Å². The average Bonchev–Trinajstić information content (AvgIpc) is 2.18. The van der Waals surface area contributed by atoms with Gasteiger partial charge in [-0.25, -0.2) is 0 Å². The van der Waals surface area contributed by atoms with Crippen molar-refractivity contribution in [1.29, 1.82) is 0 Å². The third-order valence-electron chi connectivity index (χ3n) is 2.14. The number of ether oxygens (including phenoxy) is 1. The Morgan fingerprint density at radius 2 is 2.13 bits per heavy atom. The van der Waals surface area contributed by atoms with Gasteiger partial charge in [0.15, 0.2) is 0 Å². The SMILES string of the molecule is CCc1ccc(O)cc1O[C@](C)(O)CN. The maximum Gasteiger partial charge on any atom is 0.217 e. The molecule has 1 atom stereocenters. The molecule has 0 spiro atoms. The van der Waals surface area contributed by atoms with Gasteiger partial charge in [0.1, 0.15) is 11.5 Å². The zero-order valence-electron chi connectivity index (χ0n) is 9.03. The van der Waals surface area contributed by atoms with Crippen molar-refractivity contribution < 1.29 is 14.9 Å². The number of aryl methyl sites for hydroxylation is 1. The second-order valence-electron chi connectivity index (χ2n) is 3.63. The first-order valence-corrected chi connectivity index (χ1v) is 4.92. The number of hydrogen-bond donors (Lipinski definition) is 3. The molecule has 4 N–H and O–H groups in total. The molecule has 0 saturated carbocycles. The molecule has 0 bridgehead atoms. The predicted octanol–water partition coefficient (Wildman–Crippen LogP) is 1.00. The molecule has 4 heteroatoms. The molecule has 0 amide bonds. The summed E-state index contributed by atoms with van der Waals surface area (Å²) in [5.41, 5.74) is 6.26. The lowest BCUT2D eigenvalue weighted by Gasteiger charge is -2.24. The van der Waals surface area contributed by atoms with Crippen molar-refractivity contribution in [3.8, 4) is 11.5 Å². The van der Waals surface area contributed by atoms with Crippen LogP contribution < -0.4 is 10.5 Å². The molecule has 15 heavy (non-hydrogen) atoms. The molecule has 0 aromatic heterocycles. The summed E-state index contributed by atoms with van der Waals surface area (Å²) < 4.78 is 5.32. The monoisotopic (exact) mass is 211 g/mol. The van der Waals surface area contributed by atoms with Crippen LogP contribution in [0.25, 0.3) is 0 Å². The Bertz CT molecular complexity index is 337. The number of nitrogens with two attached hydrogens (primary N) is 1. The van der Waals surface area contributed by atoms with E-state index in [0.29, 0.717) is 5.75 Å². The van der Waals surface area contributed by atoms with Gasteiger partial charge >= 0.3 is 0 Å². The van der Waals surface area contributed by atoms with Gasteiger partial charge < -0.3 is 20.7 Å². The highest BCUT2D eigenvalue weighted by atomic mass is 16.6. The van der Waals surface area contributed by atoms with Crippen molar-refractivity contribution in [2.45, 2.75) is 26.1 Å². The van der Waals surface area contributed by atoms with Crippen LogP contribution in [0.4, 0.5) is 0 Å². The highest BCUT2D eigenvalue weighted by Crippen LogP contribution is 2.27. The standard InChI is InChI=1S/C11H17NO3/c1-3-8-4-5-9(13)6-10(8)15-11(2,14)7-12/h4-6,13-14H,3,7,12H2,1-2H3/t11-/m0/s1. The molecule has 0 radical (unpaired) electrons. The van der Waals surface area contributed by atoms with Gasteiger partial charge in [-0.1, -0.05) is 13.0 Å². The van der Waals surface area contributed by atoms with E-state index in [4.69, 9.17) is 10.5 Å². The lowest BCUT2D eigenvalue weighted by Crippen LogP contribution is -2.40. The minimum absolute atomic E-state index is 0.00812. The molecule has 1 aromatic rings. The van der Waals surface area contributed by atoms with Crippen molar-refractivity contribution in [1.82, 2.24) is 0 Å². The van der Waals surface area contributed by atoms with Gasteiger partial charge in [0, 0.05) is 13.0 Å². The first-order valence-electron chi connectivity index (χ1n) is 4.92. The van der Waals surface area contributed by atoms with Crippen LogP contribution in [0.15, 0.2) is 18.2 Å². The van der Waals surface area contributed by atoms with Crippen LogP contribution in [-0.4, -0.2) is 22.5 Å². The van der Waals surface area contributed by atoms with Gasteiger partial charge in [-0.05, 0) is 18.1 Å². The fourth-order valence-electron chi connectivity index (χ4n) is 1.21. The first-order chi connectivity index (χ1) is 6.98. The Morgan fingerprint density at radius 1 is 1.47 bits per heavy atom. The summed E-state index contributed by atoms with van der Waals surface area (Å²) >= 11 is 0. The third kappa shape index (κ3) is 3.11.